The molecule has 7 N–H and O–H groups in total. The molecule has 3 atom stereocenters. The molecule has 1 saturated carbocycles. The fraction of sp³-hybridized carbons (Fsp3) is 0.419. The van der Waals surface area contributed by atoms with E-state index >= 15 is 0 Å². The summed E-state index contributed by atoms with van der Waals surface area (Å²) < 4.78 is 0. The Morgan fingerprint density at radius 1 is 0.951 bits per heavy atom. The maximum absolute atomic E-state index is 13.5. The quantitative estimate of drug-likeness (QED) is 0.158. The molecule has 0 aliphatic heterocycles. The first-order valence-electron chi connectivity index (χ1n) is 14.3. The largest absolute Gasteiger partial charge is 0.390 e. The molecule has 0 bridgehead atoms. The van der Waals surface area contributed by atoms with E-state index in [2.05, 4.69) is 15.6 Å². The lowest BCUT2D eigenvalue weighted by Gasteiger charge is -2.31. The second-order valence-electron chi connectivity index (χ2n) is 10.9. The summed E-state index contributed by atoms with van der Waals surface area (Å²) in [6.45, 7) is 0.824. The summed E-state index contributed by atoms with van der Waals surface area (Å²) in [6, 6.07) is 18.1. The van der Waals surface area contributed by atoms with Crippen LogP contribution in [0.5, 0.6) is 0 Å². The third kappa shape index (κ3) is 9.07. The van der Waals surface area contributed by atoms with Gasteiger partial charge in [0.1, 0.15) is 11.7 Å². The highest BCUT2D eigenvalue weighted by molar-refractivity contribution is 5.99. The van der Waals surface area contributed by atoms with Crippen LogP contribution in [-0.4, -0.2) is 64.1 Å². The van der Waals surface area contributed by atoms with Crippen molar-refractivity contribution in [2.75, 3.05) is 13.1 Å². The van der Waals surface area contributed by atoms with Crippen molar-refractivity contribution >= 4 is 28.6 Å². The Kier molecular flexibility index (Phi) is 10.8. The number of hydrogen-bond donors (Lipinski definition) is 5. The van der Waals surface area contributed by atoms with Crippen molar-refractivity contribution in [1.82, 2.24) is 20.6 Å². The van der Waals surface area contributed by atoms with Crippen LogP contribution in [0.1, 0.15) is 54.6 Å². The van der Waals surface area contributed by atoms with Gasteiger partial charge in [-0.2, -0.15) is 0 Å². The van der Waals surface area contributed by atoms with Crippen LogP contribution < -0.4 is 22.2 Å². The molecule has 1 fully saturated rings. The molecule has 10 heteroatoms. The van der Waals surface area contributed by atoms with Crippen molar-refractivity contribution in [2.45, 2.75) is 63.1 Å². The minimum atomic E-state index is -1.25. The maximum atomic E-state index is 13.5. The molecule has 3 aromatic rings. The predicted molar refractivity (Wildman–Crippen MR) is 157 cm³/mol. The lowest BCUT2D eigenvalue weighted by Crippen LogP contribution is -2.56. The van der Waals surface area contributed by atoms with Crippen LogP contribution in [0.2, 0.25) is 0 Å². The Labute approximate surface area is 240 Å². The summed E-state index contributed by atoms with van der Waals surface area (Å²) in [5.41, 5.74) is 7.07. The van der Waals surface area contributed by atoms with Gasteiger partial charge in [-0.3, -0.25) is 20.2 Å². The minimum Gasteiger partial charge on any atom is -0.390 e. The molecule has 3 unspecified atom stereocenters. The Bertz CT molecular complexity index is 1310. The van der Waals surface area contributed by atoms with Crippen LogP contribution in [0, 0.1) is 5.92 Å². The van der Waals surface area contributed by atoms with Gasteiger partial charge in [0.15, 0.2) is 0 Å². The van der Waals surface area contributed by atoms with E-state index in [-0.39, 0.29) is 12.2 Å². The molecule has 0 spiro atoms. The third-order valence-corrected chi connectivity index (χ3v) is 7.59. The highest BCUT2D eigenvalue weighted by atomic mass is 16.3. The fourth-order valence-corrected chi connectivity index (χ4v) is 5.41. The number of aliphatic hydroxyl groups is 1. The number of benzene rings is 2. The lowest BCUT2D eigenvalue weighted by atomic mass is 9.89. The van der Waals surface area contributed by atoms with Gasteiger partial charge in [0.25, 0.3) is 5.91 Å². The SMILES string of the molecule is NC(=O)CC(NC(=O)c1ccc2ccccc2n1)C(=O)NC(Cc1ccccc1)C(O)CN(N)CC1CCCCC1. The van der Waals surface area contributed by atoms with Crippen molar-refractivity contribution in [1.29, 1.82) is 0 Å². The molecule has 218 valence electrons. The van der Waals surface area contributed by atoms with Gasteiger partial charge in [0, 0.05) is 18.5 Å². The second-order valence-corrected chi connectivity index (χ2v) is 10.9. The molecule has 1 aliphatic carbocycles. The first kappa shape index (κ1) is 30.1. The summed E-state index contributed by atoms with van der Waals surface area (Å²) in [5.74, 6) is 4.79. The summed E-state index contributed by atoms with van der Waals surface area (Å²) >= 11 is 0. The number of nitrogens with two attached hydrogens (primary N) is 2. The van der Waals surface area contributed by atoms with Gasteiger partial charge in [-0.05, 0) is 42.9 Å². The van der Waals surface area contributed by atoms with Gasteiger partial charge in [0.05, 0.1) is 24.1 Å². The Morgan fingerprint density at radius 3 is 2.39 bits per heavy atom. The van der Waals surface area contributed by atoms with E-state index in [1.807, 2.05) is 48.5 Å². The number of amides is 3. The van der Waals surface area contributed by atoms with Gasteiger partial charge < -0.3 is 21.5 Å². The number of hydrogen-bond acceptors (Lipinski definition) is 7. The number of fused-ring (bicyclic) bond motifs is 1. The van der Waals surface area contributed by atoms with Gasteiger partial charge in [-0.1, -0.05) is 73.9 Å². The zero-order chi connectivity index (χ0) is 29.2. The summed E-state index contributed by atoms with van der Waals surface area (Å²) in [5, 5.41) is 19.2. The minimum absolute atomic E-state index is 0.105. The monoisotopic (exact) mass is 560 g/mol. The van der Waals surface area contributed by atoms with Gasteiger partial charge in [-0.15, -0.1) is 0 Å². The molecule has 2 aromatic carbocycles. The van der Waals surface area contributed by atoms with E-state index in [0.717, 1.165) is 23.8 Å². The molecule has 3 amide bonds. The van der Waals surface area contributed by atoms with Crippen LogP contribution in [-0.2, 0) is 16.0 Å². The normalized spacial score (nSPS) is 16.2. The van der Waals surface area contributed by atoms with Gasteiger partial charge in [-0.25, -0.2) is 9.99 Å². The molecule has 4 rings (SSSR count). The van der Waals surface area contributed by atoms with E-state index < -0.39 is 42.3 Å². The number of rotatable bonds is 13. The zero-order valence-electron chi connectivity index (χ0n) is 23.2. The van der Waals surface area contributed by atoms with E-state index in [1.54, 1.807) is 23.2 Å². The number of carbonyl (C=O) groups excluding carboxylic acids is 3. The van der Waals surface area contributed by atoms with E-state index in [0.29, 0.717) is 24.4 Å². The Balaban J connectivity index is 1.46. The summed E-state index contributed by atoms with van der Waals surface area (Å²) in [4.78, 5) is 42.7. The highest BCUT2D eigenvalue weighted by Gasteiger charge is 2.30. The van der Waals surface area contributed by atoms with Crippen molar-refractivity contribution < 1.29 is 19.5 Å². The van der Waals surface area contributed by atoms with Crippen LogP contribution in [0.15, 0.2) is 66.7 Å². The second kappa shape index (κ2) is 14.7. The van der Waals surface area contributed by atoms with Crippen LogP contribution in [0.25, 0.3) is 10.9 Å². The Morgan fingerprint density at radius 2 is 1.66 bits per heavy atom. The zero-order valence-corrected chi connectivity index (χ0v) is 23.2. The molecular formula is C31H40N6O4. The number of aromatic nitrogens is 1. The number of carbonyl (C=O) groups is 3. The number of hydrazine groups is 1. The predicted octanol–water partition coefficient (Wildman–Crippen LogP) is 2.05. The van der Waals surface area contributed by atoms with Gasteiger partial charge in [0.2, 0.25) is 11.8 Å². The highest BCUT2D eigenvalue weighted by Crippen LogP contribution is 2.24. The lowest BCUT2D eigenvalue weighted by molar-refractivity contribution is -0.128. The topological polar surface area (TPSA) is 164 Å². The molecular weight excluding hydrogens is 520 g/mol. The molecule has 1 aromatic heterocycles. The molecule has 41 heavy (non-hydrogen) atoms. The number of aliphatic hydroxyl groups excluding tert-OH is 1. The fourth-order valence-electron chi connectivity index (χ4n) is 5.41. The summed E-state index contributed by atoms with van der Waals surface area (Å²) in [7, 11) is 0. The van der Waals surface area contributed by atoms with E-state index in [1.165, 1.54) is 19.3 Å². The maximum Gasteiger partial charge on any atom is 0.270 e. The van der Waals surface area contributed by atoms with Crippen molar-refractivity contribution in [3.63, 3.8) is 0 Å². The average Bonchev–Trinajstić information content (AvgIpc) is 2.96. The number of nitrogens with one attached hydrogen (secondary N) is 2. The smallest absolute Gasteiger partial charge is 0.270 e. The molecule has 0 saturated heterocycles. The number of primary amides is 1. The first-order valence-corrected chi connectivity index (χ1v) is 14.3. The third-order valence-electron chi connectivity index (χ3n) is 7.59. The van der Waals surface area contributed by atoms with Crippen molar-refractivity contribution in [3.8, 4) is 0 Å². The Hall–Kier alpha value is -3.86. The number of para-hydroxylation sites is 1. The van der Waals surface area contributed by atoms with E-state index in [9.17, 15) is 19.5 Å². The standard InChI is InChI=1S/C31H40N6O4/c32-29(39)18-27(36-30(40)25-16-15-23-13-7-8-14-24(23)34-25)31(41)35-26(17-21-9-3-1-4-10-21)28(38)20-37(33)19-22-11-5-2-6-12-22/h1,3-4,7-10,13-16,22,26-28,38H,2,5-6,11-12,17-20,33H2,(H2,32,39)(H,35,41)(H,36,40). The van der Waals surface area contributed by atoms with Crippen molar-refractivity contribution in [2.24, 2.45) is 17.5 Å². The van der Waals surface area contributed by atoms with Gasteiger partial charge >= 0.3 is 0 Å². The van der Waals surface area contributed by atoms with Crippen molar-refractivity contribution in [3.05, 3.63) is 78.0 Å². The van der Waals surface area contributed by atoms with E-state index in [4.69, 9.17) is 11.6 Å². The van der Waals surface area contributed by atoms with Crippen LogP contribution in [0.4, 0.5) is 0 Å². The number of pyridine rings is 1. The molecule has 1 heterocycles. The van der Waals surface area contributed by atoms with Crippen LogP contribution >= 0.6 is 0 Å². The first-order chi connectivity index (χ1) is 19.8. The molecule has 0 radical (unpaired) electrons. The summed E-state index contributed by atoms with van der Waals surface area (Å²) in [6.07, 6.45) is 4.78. The molecule has 1 aliphatic rings. The average molecular weight is 561 g/mol. The molecule has 10 nitrogen and oxygen atoms in total. The number of nitrogens with zero attached hydrogens (tertiary/aromatic N) is 2. The van der Waals surface area contributed by atoms with Crippen LogP contribution in [0.3, 0.4) is 0 Å².